The van der Waals surface area contributed by atoms with E-state index in [4.69, 9.17) is 12.2 Å². The van der Waals surface area contributed by atoms with Crippen LogP contribution in [-0.4, -0.2) is 14.8 Å². The van der Waals surface area contributed by atoms with E-state index in [0.29, 0.717) is 12.4 Å². The number of anilines is 1. The lowest BCUT2D eigenvalue weighted by atomic mass is 10.3. The van der Waals surface area contributed by atoms with E-state index in [1.54, 1.807) is 16.9 Å². The fourth-order valence-corrected chi connectivity index (χ4v) is 1.28. The van der Waals surface area contributed by atoms with Gasteiger partial charge >= 0.3 is 0 Å². The summed E-state index contributed by atoms with van der Waals surface area (Å²) >= 11 is 0. The summed E-state index contributed by atoms with van der Waals surface area (Å²) in [7, 11) is 0. The van der Waals surface area contributed by atoms with Crippen molar-refractivity contribution in [2.45, 2.75) is 6.54 Å². The smallest absolute Gasteiger partial charge is 0.123 e. The van der Waals surface area contributed by atoms with Crippen molar-refractivity contribution >= 4 is 5.82 Å². The Balaban J connectivity index is 2.40. The number of nitrogen functional groups attached to an aromatic ring is 1. The highest BCUT2D eigenvalue weighted by atomic mass is 15.3. The molecule has 0 saturated carbocycles. The van der Waals surface area contributed by atoms with Gasteiger partial charge in [0.25, 0.3) is 0 Å². The molecule has 15 heavy (non-hydrogen) atoms. The summed E-state index contributed by atoms with van der Waals surface area (Å²) in [6, 6.07) is 7.39. The first-order valence-electron chi connectivity index (χ1n) is 4.49. The third-order valence-corrected chi connectivity index (χ3v) is 1.98. The van der Waals surface area contributed by atoms with Crippen LogP contribution in [0.5, 0.6) is 0 Å². The maximum atomic E-state index is 5.74. The van der Waals surface area contributed by atoms with Gasteiger partial charge in [0, 0.05) is 12.3 Å². The summed E-state index contributed by atoms with van der Waals surface area (Å²) in [5.74, 6) is 3.04. The Kier molecular flexibility index (Phi) is 2.38. The Morgan fingerprint density at radius 1 is 1.40 bits per heavy atom. The fraction of sp³-hybridized carbons (Fsp3) is 0.0909. The molecule has 0 aliphatic rings. The zero-order valence-corrected chi connectivity index (χ0v) is 8.09. The highest BCUT2D eigenvalue weighted by molar-refractivity contribution is 5.57. The van der Waals surface area contributed by atoms with Crippen LogP contribution in [0.2, 0.25) is 0 Å². The molecule has 0 bridgehead atoms. The predicted octanol–water partition coefficient (Wildman–Crippen LogP) is 1.16. The van der Waals surface area contributed by atoms with Gasteiger partial charge < -0.3 is 5.73 Å². The van der Waals surface area contributed by atoms with E-state index in [0.717, 1.165) is 11.4 Å². The minimum atomic E-state index is 0.374. The number of hydrogen-bond acceptors (Lipinski definition) is 3. The average Bonchev–Trinajstić information content (AvgIpc) is 2.63. The third kappa shape index (κ3) is 1.81. The lowest BCUT2D eigenvalue weighted by Gasteiger charge is -1.95. The number of hydrogen-bond donors (Lipinski definition) is 1. The first-order valence-corrected chi connectivity index (χ1v) is 4.49. The summed E-state index contributed by atoms with van der Waals surface area (Å²) in [5, 5.41) is 4.26. The molecule has 0 unspecified atom stereocenters. The van der Waals surface area contributed by atoms with Crippen LogP contribution in [0.3, 0.4) is 0 Å². The van der Waals surface area contributed by atoms with E-state index >= 15 is 0 Å². The topological polar surface area (TPSA) is 56.7 Å². The Labute approximate surface area is 87.7 Å². The number of nitrogens with zero attached hydrogens (tertiary/aromatic N) is 3. The molecule has 2 N–H and O–H groups in total. The predicted molar refractivity (Wildman–Crippen MR) is 58.7 cm³/mol. The molecule has 0 radical (unpaired) electrons. The van der Waals surface area contributed by atoms with Gasteiger partial charge in [0.2, 0.25) is 0 Å². The molecule has 2 aromatic heterocycles. The summed E-state index contributed by atoms with van der Waals surface area (Å²) < 4.78 is 1.57. The van der Waals surface area contributed by atoms with Crippen molar-refractivity contribution < 1.29 is 0 Å². The Bertz CT molecular complexity index is 493. The summed E-state index contributed by atoms with van der Waals surface area (Å²) in [4.78, 5) is 4.18. The number of aromatic nitrogens is 3. The number of rotatable bonds is 2. The normalized spacial score (nSPS) is 9.80. The van der Waals surface area contributed by atoms with Crippen LogP contribution in [0.4, 0.5) is 5.82 Å². The molecule has 4 nitrogen and oxygen atoms in total. The second-order valence-corrected chi connectivity index (χ2v) is 3.03. The van der Waals surface area contributed by atoms with Gasteiger partial charge in [0.05, 0.1) is 5.69 Å². The molecule has 2 aromatic rings. The van der Waals surface area contributed by atoms with Crippen LogP contribution in [0, 0.1) is 12.3 Å². The molecule has 0 fully saturated rings. The van der Waals surface area contributed by atoms with Gasteiger partial charge in [-0.25, -0.2) is 4.68 Å². The third-order valence-electron chi connectivity index (χ3n) is 1.98. The Morgan fingerprint density at radius 2 is 2.27 bits per heavy atom. The Hall–Kier alpha value is -2.28. The molecule has 0 aliphatic carbocycles. The molecule has 0 spiro atoms. The number of terminal acetylenes is 1. The first-order chi connectivity index (χ1) is 7.31. The van der Waals surface area contributed by atoms with Gasteiger partial charge in [-0.15, -0.1) is 6.42 Å². The van der Waals surface area contributed by atoms with Crippen molar-refractivity contribution in [1.29, 1.82) is 0 Å². The van der Waals surface area contributed by atoms with Gasteiger partial charge in [0.15, 0.2) is 0 Å². The van der Waals surface area contributed by atoms with Crippen LogP contribution >= 0.6 is 0 Å². The average molecular weight is 198 g/mol. The van der Waals surface area contributed by atoms with E-state index in [2.05, 4.69) is 16.0 Å². The van der Waals surface area contributed by atoms with Gasteiger partial charge in [-0.1, -0.05) is 12.0 Å². The van der Waals surface area contributed by atoms with Gasteiger partial charge in [0.1, 0.15) is 18.1 Å². The second-order valence-electron chi connectivity index (χ2n) is 3.03. The molecule has 2 heterocycles. The van der Waals surface area contributed by atoms with Crippen molar-refractivity contribution in [1.82, 2.24) is 14.8 Å². The molecule has 0 amide bonds. The van der Waals surface area contributed by atoms with E-state index in [1.807, 2.05) is 18.2 Å². The molecular formula is C11H10N4. The maximum absolute atomic E-state index is 5.74. The highest BCUT2D eigenvalue weighted by Gasteiger charge is 2.06. The first kappa shape index (κ1) is 9.28. The highest BCUT2D eigenvalue weighted by Crippen LogP contribution is 2.17. The standard InChI is InChI=1S/C11H10N4/c1-2-7-15-11(12)8-10(14-15)9-5-3-4-6-13-9/h1,3-6,8H,7,12H2. The molecule has 0 aromatic carbocycles. The number of pyridine rings is 1. The quantitative estimate of drug-likeness (QED) is 0.737. The minimum absolute atomic E-state index is 0.374. The maximum Gasteiger partial charge on any atom is 0.123 e. The summed E-state index contributed by atoms with van der Waals surface area (Å²) in [6.07, 6.45) is 6.91. The summed E-state index contributed by atoms with van der Waals surface area (Å²) in [5.41, 5.74) is 7.27. The van der Waals surface area contributed by atoms with E-state index in [9.17, 15) is 0 Å². The lowest BCUT2D eigenvalue weighted by molar-refractivity contribution is 0.728. The molecule has 74 valence electrons. The molecule has 2 rings (SSSR count). The van der Waals surface area contributed by atoms with Crippen molar-refractivity contribution in [3.05, 3.63) is 30.5 Å². The molecule has 4 heteroatoms. The monoisotopic (exact) mass is 198 g/mol. The van der Waals surface area contributed by atoms with Crippen LogP contribution < -0.4 is 5.73 Å². The van der Waals surface area contributed by atoms with Crippen LogP contribution in [0.15, 0.2) is 30.5 Å². The largest absolute Gasteiger partial charge is 0.384 e. The van der Waals surface area contributed by atoms with Gasteiger partial charge in [-0.2, -0.15) is 5.10 Å². The molecular weight excluding hydrogens is 188 g/mol. The van der Waals surface area contributed by atoms with Crippen molar-refractivity contribution in [3.8, 4) is 23.7 Å². The fourth-order valence-electron chi connectivity index (χ4n) is 1.28. The van der Waals surface area contributed by atoms with Crippen LogP contribution in [-0.2, 0) is 6.54 Å². The SMILES string of the molecule is C#CCn1nc(-c2ccccn2)cc1N. The van der Waals surface area contributed by atoms with Crippen LogP contribution in [0.25, 0.3) is 11.4 Å². The minimum Gasteiger partial charge on any atom is -0.384 e. The zero-order valence-electron chi connectivity index (χ0n) is 8.09. The zero-order chi connectivity index (χ0) is 10.7. The van der Waals surface area contributed by atoms with Crippen LogP contribution in [0.1, 0.15) is 0 Å². The van der Waals surface area contributed by atoms with Gasteiger partial charge in [-0.3, -0.25) is 4.98 Å². The van der Waals surface area contributed by atoms with E-state index in [1.165, 1.54) is 0 Å². The number of nitrogens with two attached hydrogens (primary N) is 1. The van der Waals surface area contributed by atoms with Crippen molar-refractivity contribution in [2.75, 3.05) is 5.73 Å². The molecule has 0 aliphatic heterocycles. The van der Waals surface area contributed by atoms with E-state index in [-0.39, 0.29) is 0 Å². The summed E-state index contributed by atoms with van der Waals surface area (Å²) in [6.45, 7) is 0.374. The van der Waals surface area contributed by atoms with Crippen molar-refractivity contribution in [2.24, 2.45) is 0 Å². The van der Waals surface area contributed by atoms with Gasteiger partial charge in [-0.05, 0) is 12.1 Å². The van der Waals surface area contributed by atoms with Crippen molar-refractivity contribution in [3.63, 3.8) is 0 Å². The second kappa shape index (κ2) is 3.84. The lowest BCUT2D eigenvalue weighted by Crippen LogP contribution is -2.02. The van der Waals surface area contributed by atoms with E-state index < -0.39 is 0 Å². The molecule has 0 atom stereocenters. The Morgan fingerprint density at radius 3 is 2.93 bits per heavy atom. The molecule has 0 saturated heterocycles.